The van der Waals surface area contributed by atoms with Gasteiger partial charge in [0.15, 0.2) is 0 Å². The van der Waals surface area contributed by atoms with Crippen molar-refractivity contribution in [3.8, 4) is 0 Å². The predicted molar refractivity (Wildman–Crippen MR) is 55.3 cm³/mol. The lowest BCUT2D eigenvalue weighted by molar-refractivity contribution is -0.138. The Balaban J connectivity index is 3.18. The van der Waals surface area contributed by atoms with Crippen LogP contribution in [0.5, 0.6) is 0 Å². The Kier molecular flexibility index (Phi) is 4.18. The number of benzene rings is 1. The number of ether oxygens (including phenoxy) is 1. The Bertz CT molecular complexity index is 368. The Morgan fingerprint density at radius 1 is 1.44 bits per heavy atom. The standard InChI is InChI=1S/C10H11ClF3NO/c1-16-5-9(15)7-3-2-6(11)4-8(7)10(12,13)14/h2-4,9H,5,15H2,1H3. The fourth-order valence-corrected chi connectivity index (χ4v) is 1.54. The second-order valence-corrected chi connectivity index (χ2v) is 3.73. The molecule has 0 heterocycles. The number of halogens is 4. The van der Waals surface area contributed by atoms with E-state index in [4.69, 9.17) is 22.1 Å². The highest BCUT2D eigenvalue weighted by molar-refractivity contribution is 6.30. The average molecular weight is 254 g/mol. The van der Waals surface area contributed by atoms with Gasteiger partial charge in [0.25, 0.3) is 0 Å². The number of methoxy groups -OCH3 is 1. The van der Waals surface area contributed by atoms with Gasteiger partial charge in [0.2, 0.25) is 0 Å². The minimum atomic E-state index is -4.47. The second-order valence-electron chi connectivity index (χ2n) is 3.29. The molecule has 1 aromatic rings. The third-order valence-corrected chi connectivity index (χ3v) is 2.30. The molecule has 16 heavy (non-hydrogen) atoms. The van der Waals surface area contributed by atoms with Crippen LogP contribution >= 0.6 is 11.6 Å². The summed E-state index contributed by atoms with van der Waals surface area (Å²) in [4.78, 5) is 0. The third-order valence-electron chi connectivity index (χ3n) is 2.07. The summed E-state index contributed by atoms with van der Waals surface area (Å²) in [6, 6.07) is 2.70. The number of rotatable bonds is 3. The molecule has 6 heteroatoms. The Morgan fingerprint density at radius 2 is 2.06 bits per heavy atom. The fourth-order valence-electron chi connectivity index (χ4n) is 1.37. The van der Waals surface area contributed by atoms with Crippen LogP contribution in [-0.4, -0.2) is 13.7 Å². The molecule has 1 rings (SSSR count). The van der Waals surface area contributed by atoms with E-state index in [-0.39, 0.29) is 17.2 Å². The second kappa shape index (κ2) is 5.03. The van der Waals surface area contributed by atoms with Crippen molar-refractivity contribution in [2.75, 3.05) is 13.7 Å². The van der Waals surface area contributed by atoms with E-state index in [1.54, 1.807) is 0 Å². The number of hydrogen-bond donors (Lipinski definition) is 1. The van der Waals surface area contributed by atoms with E-state index in [1.807, 2.05) is 0 Å². The number of hydrogen-bond acceptors (Lipinski definition) is 2. The van der Waals surface area contributed by atoms with Crippen LogP contribution in [0.4, 0.5) is 13.2 Å². The minimum absolute atomic E-state index is 0.0150. The van der Waals surface area contributed by atoms with Crippen LogP contribution in [0.15, 0.2) is 18.2 Å². The van der Waals surface area contributed by atoms with Gasteiger partial charge < -0.3 is 10.5 Å². The van der Waals surface area contributed by atoms with Gasteiger partial charge in [-0.15, -0.1) is 0 Å². The highest BCUT2D eigenvalue weighted by atomic mass is 35.5. The van der Waals surface area contributed by atoms with Crippen LogP contribution in [0.1, 0.15) is 17.2 Å². The van der Waals surface area contributed by atoms with Crippen molar-refractivity contribution in [2.45, 2.75) is 12.2 Å². The molecule has 90 valence electrons. The van der Waals surface area contributed by atoms with E-state index >= 15 is 0 Å². The number of nitrogens with two attached hydrogens (primary N) is 1. The van der Waals surface area contributed by atoms with Crippen molar-refractivity contribution >= 4 is 11.6 Å². The molecule has 0 bridgehead atoms. The molecule has 0 aliphatic rings. The van der Waals surface area contributed by atoms with E-state index < -0.39 is 17.8 Å². The molecule has 0 saturated carbocycles. The first kappa shape index (κ1) is 13.3. The summed E-state index contributed by atoms with van der Waals surface area (Å²) in [6.45, 7) is 0.0186. The van der Waals surface area contributed by atoms with Crippen LogP contribution in [0.3, 0.4) is 0 Å². The molecule has 2 nitrogen and oxygen atoms in total. The van der Waals surface area contributed by atoms with Gasteiger partial charge in [0.05, 0.1) is 18.2 Å². The van der Waals surface area contributed by atoms with Crippen molar-refractivity contribution in [1.82, 2.24) is 0 Å². The van der Waals surface area contributed by atoms with Crippen molar-refractivity contribution in [2.24, 2.45) is 5.73 Å². The van der Waals surface area contributed by atoms with Crippen molar-refractivity contribution in [3.63, 3.8) is 0 Å². The zero-order valence-electron chi connectivity index (χ0n) is 8.51. The molecular formula is C10H11ClF3NO. The molecule has 0 aliphatic carbocycles. The monoisotopic (exact) mass is 253 g/mol. The first-order chi connectivity index (χ1) is 7.36. The smallest absolute Gasteiger partial charge is 0.383 e. The van der Waals surface area contributed by atoms with Crippen LogP contribution in [0.2, 0.25) is 5.02 Å². The van der Waals surface area contributed by atoms with Crippen LogP contribution in [-0.2, 0) is 10.9 Å². The van der Waals surface area contributed by atoms with Gasteiger partial charge in [-0.1, -0.05) is 17.7 Å². The highest BCUT2D eigenvalue weighted by Gasteiger charge is 2.34. The normalized spacial score (nSPS) is 13.9. The largest absolute Gasteiger partial charge is 0.416 e. The van der Waals surface area contributed by atoms with Gasteiger partial charge in [-0.05, 0) is 17.7 Å². The lowest BCUT2D eigenvalue weighted by Crippen LogP contribution is -2.21. The van der Waals surface area contributed by atoms with Crippen molar-refractivity contribution in [1.29, 1.82) is 0 Å². The molecule has 1 atom stereocenters. The van der Waals surface area contributed by atoms with Gasteiger partial charge in [0.1, 0.15) is 0 Å². The molecule has 0 amide bonds. The van der Waals surface area contributed by atoms with Crippen LogP contribution < -0.4 is 5.73 Å². The Morgan fingerprint density at radius 3 is 2.56 bits per heavy atom. The Hall–Kier alpha value is -0.780. The zero-order valence-corrected chi connectivity index (χ0v) is 9.27. The molecule has 0 spiro atoms. The van der Waals surface area contributed by atoms with Gasteiger partial charge in [0, 0.05) is 12.1 Å². The van der Waals surface area contributed by atoms with Crippen LogP contribution in [0.25, 0.3) is 0 Å². The summed E-state index contributed by atoms with van der Waals surface area (Å²) in [5, 5.41) is 0.0284. The molecule has 0 radical (unpaired) electrons. The van der Waals surface area contributed by atoms with E-state index in [0.717, 1.165) is 6.07 Å². The maximum atomic E-state index is 12.7. The average Bonchev–Trinajstić information content (AvgIpc) is 2.16. The summed E-state index contributed by atoms with van der Waals surface area (Å²) in [7, 11) is 1.38. The quantitative estimate of drug-likeness (QED) is 0.899. The summed E-state index contributed by atoms with van der Waals surface area (Å²) >= 11 is 5.53. The van der Waals surface area contributed by atoms with Gasteiger partial charge >= 0.3 is 6.18 Å². The highest BCUT2D eigenvalue weighted by Crippen LogP contribution is 2.35. The van der Waals surface area contributed by atoms with Gasteiger partial charge in [-0.2, -0.15) is 13.2 Å². The summed E-state index contributed by atoms with van der Waals surface area (Å²) < 4.78 is 42.8. The first-order valence-corrected chi connectivity index (χ1v) is 4.85. The number of alkyl halides is 3. The Labute approximate surface area is 96.1 Å². The third kappa shape index (κ3) is 3.10. The topological polar surface area (TPSA) is 35.2 Å². The molecule has 0 saturated heterocycles. The van der Waals surface area contributed by atoms with E-state index in [0.29, 0.717) is 0 Å². The first-order valence-electron chi connectivity index (χ1n) is 4.47. The lowest BCUT2D eigenvalue weighted by Gasteiger charge is -2.17. The SMILES string of the molecule is COCC(N)c1ccc(Cl)cc1C(F)(F)F. The zero-order chi connectivity index (χ0) is 12.3. The molecular weight excluding hydrogens is 243 g/mol. The minimum Gasteiger partial charge on any atom is -0.383 e. The van der Waals surface area contributed by atoms with Gasteiger partial charge in [-0.3, -0.25) is 0 Å². The molecule has 0 fully saturated rings. The molecule has 1 aromatic carbocycles. The summed E-state index contributed by atoms with van der Waals surface area (Å²) in [5.41, 5.74) is 4.75. The van der Waals surface area contributed by atoms with Crippen LogP contribution in [0, 0.1) is 0 Å². The van der Waals surface area contributed by atoms with E-state index in [1.165, 1.54) is 19.2 Å². The van der Waals surface area contributed by atoms with Crippen molar-refractivity contribution in [3.05, 3.63) is 34.3 Å². The molecule has 0 aliphatic heterocycles. The van der Waals surface area contributed by atoms with Crippen molar-refractivity contribution < 1.29 is 17.9 Å². The summed E-state index contributed by atoms with van der Waals surface area (Å²) in [5.74, 6) is 0. The van der Waals surface area contributed by atoms with E-state index in [2.05, 4.69) is 0 Å². The molecule has 0 aromatic heterocycles. The van der Waals surface area contributed by atoms with Gasteiger partial charge in [-0.25, -0.2) is 0 Å². The molecule has 2 N–H and O–H groups in total. The molecule has 1 unspecified atom stereocenters. The fraction of sp³-hybridized carbons (Fsp3) is 0.400. The maximum absolute atomic E-state index is 12.7. The lowest BCUT2D eigenvalue weighted by atomic mass is 10.0. The predicted octanol–water partition coefficient (Wildman–Crippen LogP) is 3.01. The van der Waals surface area contributed by atoms with E-state index in [9.17, 15) is 13.2 Å². The summed E-state index contributed by atoms with van der Waals surface area (Å²) in [6.07, 6.45) is -4.47. The maximum Gasteiger partial charge on any atom is 0.416 e.